The molecule has 0 bridgehead atoms. The second-order valence-corrected chi connectivity index (χ2v) is 3.36. The molecule has 0 aromatic carbocycles. The Bertz CT molecular complexity index is 322. The normalized spacial score (nSPS) is 12.5. The van der Waals surface area contributed by atoms with E-state index in [2.05, 4.69) is 10.3 Å². The van der Waals surface area contributed by atoms with Crippen molar-refractivity contribution in [1.29, 1.82) is 0 Å². The fourth-order valence-corrected chi connectivity index (χ4v) is 1.16. The van der Waals surface area contributed by atoms with E-state index in [9.17, 15) is 9.90 Å². The van der Waals surface area contributed by atoms with Gasteiger partial charge in [0, 0.05) is 6.54 Å². The number of aliphatic hydroxyl groups excluding tert-OH is 1. The Labute approximate surface area is 88.5 Å². The van der Waals surface area contributed by atoms with Crippen LogP contribution in [-0.4, -0.2) is 28.6 Å². The van der Waals surface area contributed by atoms with E-state index in [-0.39, 0.29) is 12.0 Å². The van der Waals surface area contributed by atoms with Crippen molar-refractivity contribution in [2.45, 2.75) is 32.8 Å². The maximum absolute atomic E-state index is 11.5. The predicted molar refractivity (Wildman–Crippen MR) is 54.5 cm³/mol. The van der Waals surface area contributed by atoms with E-state index < -0.39 is 0 Å². The number of hydrogen-bond acceptors (Lipinski definition) is 4. The molecule has 1 amide bonds. The van der Waals surface area contributed by atoms with Crippen LogP contribution in [0, 0.1) is 6.92 Å². The Morgan fingerprint density at radius 1 is 1.73 bits per heavy atom. The first kappa shape index (κ1) is 11.7. The molecule has 1 rings (SSSR count). The largest absolute Gasteiger partial charge is 0.448 e. The lowest BCUT2D eigenvalue weighted by Crippen LogP contribution is -2.27. The molecule has 0 aliphatic heterocycles. The van der Waals surface area contributed by atoms with Crippen molar-refractivity contribution in [3.8, 4) is 0 Å². The Morgan fingerprint density at radius 3 is 3.00 bits per heavy atom. The van der Waals surface area contributed by atoms with Crippen molar-refractivity contribution < 1.29 is 14.3 Å². The average Bonchev–Trinajstić information content (AvgIpc) is 2.64. The van der Waals surface area contributed by atoms with E-state index in [0.29, 0.717) is 30.8 Å². The van der Waals surface area contributed by atoms with Gasteiger partial charge in [0.15, 0.2) is 12.1 Å². The van der Waals surface area contributed by atoms with Crippen LogP contribution in [0.15, 0.2) is 10.8 Å². The first-order chi connectivity index (χ1) is 7.15. The third kappa shape index (κ3) is 3.36. The molecular formula is C10H16N2O3. The number of hydrogen-bond donors (Lipinski definition) is 2. The fraction of sp³-hybridized carbons (Fsp3) is 0.600. The molecule has 1 aromatic rings. The van der Waals surface area contributed by atoms with E-state index in [1.807, 2.05) is 6.92 Å². The summed E-state index contributed by atoms with van der Waals surface area (Å²) in [4.78, 5) is 15.3. The SMILES string of the molecule is CCC(O)CCNC(=O)c1ncoc1C. The number of aliphatic hydroxyl groups is 1. The molecule has 0 fully saturated rings. The Hall–Kier alpha value is -1.36. The van der Waals surface area contributed by atoms with Crippen LogP contribution in [0.25, 0.3) is 0 Å². The van der Waals surface area contributed by atoms with Gasteiger partial charge in [-0.25, -0.2) is 4.98 Å². The minimum Gasteiger partial charge on any atom is -0.448 e. The Balaban J connectivity index is 2.34. The van der Waals surface area contributed by atoms with E-state index in [1.54, 1.807) is 6.92 Å². The average molecular weight is 212 g/mol. The van der Waals surface area contributed by atoms with Gasteiger partial charge in [-0.3, -0.25) is 4.79 Å². The lowest BCUT2D eigenvalue weighted by atomic mass is 10.2. The van der Waals surface area contributed by atoms with Crippen LogP contribution < -0.4 is 5.32 Å². The molecule has 0 saturated carbocycles. The third-order valence-corrected chi connectivity index (χ3v) is 2.19. The summed E-state index contributed by atoms with van der Waals surface area (Å²) < 4.78 is 4.91. The molecule has 1 unspecified atom stereocenters. The molecule has 5 heteroatoms. The summed E-state index contributed by atoms with van der Waals surface area (Å²) in [7, 11) is 0. The number of aryl methyl sites for hydroxylation is 1. The number of carbonyl (C=O) groups excluding carboxylic acids is 1. The number of amides is 1. The van der Waals surface area contributed by atoms with Gasteiger partial charge in [0.05, 0.1) is 6.10 Å². The highest BCUT2D eigenvalue weighted by Crippen LogP contribution is 2.04. The fourth-order valence-electron chi connectivity index (χ4n) is 1.16. The standard InChI is InChI=1S/C10H16N2O3/c1-3-8(13)4-5-11-10(14)9-7(2)15-6-12-9/h6,8,13H,3-5H2,1-2H3,(H,11,14). The monoisotopic (exact) mass is 212 g/mol. The maximum atomic E-state index is 11.5. The van der Waals surface area contributed by atoms with Gasteiger partial charge in [0.1, 0.15) is 5.76 Å². The summed E-state index contributed by atoms with van der Waals surface area (Å²) in [6.07, 6.45) is 2.13. The molecule has 15 heavy (non-hydrogen) atoms. The van der Waals surface area contributed by atoms with Crippen molar-refractivity contribution in [2.24, 2.45) is 0 Å². The summed E-state index contributed by atoms with van der Waals surface area (Å²) >= 11 is 0. The van der Waals surface area contributed by atoms with Gasteiger partial charge in [-0.2, -0.15) is 0 Å². The van der Waals surface area contributed by atoms with E-state index in [4.69, 9.17) is 4.42 Å². The second kappa shape index (κ2) is 5.50. The number of aromatic nitrogens is 1. The third-order valence-electron chi connectivity index (χ3n) is 2.19. The van der Waals surface area contributed by atoms with Gasteiger partial charge >= 0.3 is 0 Å². The van der Waals surface area contributed by atoms with Crippen molar-refractivity contribution in [3.05, 3.63) is 17.8 Å². The Morgan fingerprint density at radius 2 is 2.47 bits per heavy atom. The topological polar surface area (TPSA) is 75.4 Å². The first-order valence-corrected chi connectivity index (χ1v) is 5.01. The van der Waals surface area contributed by atoms with E-state index >= 15 is 0 Å². The number of nitrogens with one attached hydrogen (secondary N) is 1. The molecule has 5 nitrogen and oxygen atoms in total. The van der Waals surface area contributed by atoms with Gasteiger partial charge in [-0.05, 0) is 19.8 Å². The van der Waals surface area contributed by atoms with Crippen molar-refractivity contribution in [2.75, 3.05) is 6.54 Å². The highest BCUT2D eigenvalue weighted by molar-refractivity contribution is 5.92. The van der Waals surface area contributed by atoms with Crippen LogP contribution in [0.4, 0.5) is 0 Å². The lowest BCUT2D eigenvalue weighted by molar-refractivity contribution is 0.0936. The zero-order chi connectivity index (χ0) is 11.3. The number of rotatable bonds is 5. The Kier molecular flexibility index (Phi) is 4.30. The van der Waals surface area contributed by atoms with Gasteiger partial charge < -0.3 is 14.8 Å². The molecular weight excluding hydrogens is 196 g/mol. The highest BCUT2D eigenvalue weighted by Gasteiger charge is 2.12. The van der Waals surface area contributed by atoms with Gasteiger partial charge in [-0.1, -0.05) is 6.92 Å². The zero-order valence-corrected chi connectivity index (χ0v) is 8.99. The van der Waals surface area contributed by atoms with Crippen molar-refractivity contribution >= 4 is 5.91 Å². The van der Waals surface area contributed by atoms with Crippen LogP contribution in [0.2, 0.25) is 0 Å². The van der Waals surface area contributed by atoms with Crippen LogP contribution in [-0.2, 0) is 0 Å². The highest BCUT2D eigenvalue weighted by atomic mass is 16.3. The molecule has 0 aliphatic rings. The minimum atomic E-state index is -0.358. The molecule has 1 aromatic heterocycles. The summed E-state index contributed by atoms with van der Waals surface area (Å²) in [5, 5.41) is 11.9. The summed E-state index contributed by atoms with van der Waals surface area (Å²) in [5.41, 5.74) is 0.306. The minimum absolute atomic E-state index is 0.260. The van der Waals surface area contributed by atoms with Crippen LogP contribution in [0.5, 0.6) is 0 Å². The quantitative estimate of drug-likeness (QED) is 0.759. The molecule has 0 spiro atoms. The summed E-state index contributed by atoms with van der Waals surface area (Å²) in [5.74, 6) is 0.244. The van der Waals surface area contributed by atoms with Crippen molar-refractivity contribution in [3.63, 3.8) is 0 Å². The smallest absolute Gasteiger partial charge is 0.273 e. The molecule has 0 radical (unpaired) electrons. The van der Waals surface area contributed by atoms with E-state index in [0.717, 1.165) is 0 Å². The van der Waals surface area contributed by atoms with Gasteiger partial charge in [0.2, 0.25) is 0 Å². The maximum Gasteiger partial charge on any atom is 0.273 e. The summed E-state index contributed by atoms with van der Waals surface area (Å²) in [6.45, 7) is 4.03. The molecule has 2 N–H and O–H groups in total. The molecule has 0 aliphatic carbocycles. The molecule has 0 saturated heterocycles. The zero-order valence-electron chi connectivity index (χ0n) is 8.99. The number of oxazole rings is 1. The second-order valence-electron chi connectivity index (χ2n) is 3.36. The van der Waals surface area contributed by atoms with Gasteiger partial charge in [0.25, 0.3) is 5.91 Å². The summed E-state index contributed by atoms with van der Waals surface area (Å²) in [6, 6.07) is 0. The van der Waals surface area contributed by atoms with Gasteiger partial charge in [-0.15, -0.1) is 0 Å². The van der Waals surface area contributed by atoms with Crippen LogP contribution in [0.3, 0.4) is 0 Å². The predicted octanol–water partition coefficient (Wildman–Crippen LogP) is 0.874. The van der Waals surface area contributed by atoms with Crippen LogP contribution >= 0.6 is 0 Å². The van der Waals surface area contributed by atoms with E-state index in [1.165, 1.54) is 6.39 Å². The lowest BCUT2D eigenvalue weighted by Gasteiger charge is -2.07. The number of nitrogens with zero attached hydrogens (tertiary/aromatic N) is 1. The van der Waals surface area contributed by atoms with Crippen LogP contribution in [0.1, 0.15) is 36.0 Å². The first-order valence-electron chi connectivity index (χ1n) is 5.01. The molecule has 1 atom stereocenters. The van der Waals surface area contributed by atoms with Crippen molar-refractivity contribution in [1.82, 2.24) is 10.3 Å². The molecule has 84 valence electrons. The molecule has 1 heterocycles. The number of carbonyl (C=O) groups is 1.